The lowest BCUT2D eigenvalue weighted by molar-refractivity contribution is 0.0933. The number of amides is 2. The van der Waals surface area contributed by atoms with Crippen LogP contribution in [0.4, 0.5) is 0 Å². The van der Waals surface area contributed by atoms with Gasteiger partial charge in [-0.25, -0.2) is 0 Å². The molecule has 2 amide bonds. The summed E-state index contributed by atoms with van der Waals surface area (Å²) >= 11 is 1.54. The van der Waals surface area contributed by atoms with Crippen LogP contribution in [-0.2, 0) is 17.8 Å². The van der Waals surface area contributed by atoms with Gasteiger partial charge in [0.15, 0.2) is 0 Å². The summed E-state index contributed by atoms with van der Waals surface area (Å²) in [5.74, 6) is -0.453. The number of hydrogen-bond acceptors (Lipinski definition) is 6. The normalized spacial score (nSPS) is 11.6. The minimum absolute atomic E-state index is 0.0870. The van der Waals surface area contributed by atoms with Gasteiger partial charge in [0.2, 0.25) is 5.43 Å². The first-order valence-electron chi connectivity index (χ1n) is 11.0. The van der Waals surface area contributed by atoms with E-state index in [1.54, 1.807) is 24.9 Å². The van der Waals surface area contributed by atoms with E-state index in [2.05, 4.69) is 10.6 Å². The summed E-state index contributed by atoms with van der Waals surface area (Å²) < 4.78 is 12.1. The summed E-state index contributed by atoms with van der Waals surface area (Å²) in [6.07, 6.45) is 3.59. The van der Waals surface area contributed by atoms with Crippen molar-refractivity contribution in [2.75, 3.05) is 20.8 Å². The monoisotopic (exact) mass is 483 g/mol. The molecule has 0 fully saturated rings. The van der Waals surface area contributed by atoms with Crippen LogP contribution in [0, 0.1) is 0 Å². The first-order valence-corrected chi connectivity index (χ1v) is 11.8. The minimum Gasteiger partial charge on any atom is -0.496 e. The lowest BCUT2D eigenvalue weighted by Gasteiger charge is -2.17. The highest BCUT2D eigenvalue weighted by atomic mass is 32.1. The number of nitrogens with one attached hydrogen (secondary N) is 2. The van der Waals surface area contributed by atoms with Crippen LogP contribution in [0.15, 0.2) is 59.0 Å². The second-order valence-corrected chi connectivity index (χ2v) is 8.57. The molecule has 0 unspecified atom stereocenters. The number of benzene rings is 1. The number of aromatic nitrogens is 1. The standard InChI is InChI=1S/C25H29N3O5S/c1-4-20(22-10-7-13-34-22)27-25(31)19-16-28(11-12-32-2)15-18(23(19)29)24(30)26-14-17-8-5-6-9-21(17)33-3/h5-10,13,15-16,20H,4,11-12,14H2,1-3H3,(H,26,30)(H,27,31)/t20-/m1/s1. The van der Waals surface area contributed by atoms with E-state index in [1.807, 2.05) is 42.6 Å². The molecule has 0 aliphatic carbocycles. The second kappa shape index (κ2) is 12.2. The zero-order chi connectivity index (χ0) is 24.5. The van der Waals surface area contributed by atoms with Crippen LogP contribution in [0.1, 0.15) is 50.5 Å². The Kier molecular flexibility index (Phi) is 9.00. The molecule has 180 valence electrons. The van der Waals surface area contributed by atoms with Crippen LogP contribution in [0.5, 0.6) is 5.75 Å². The molecule has 0 saturated carbocycles. The molecule has 9 heteroatoms. The van der Waals surface area contributed by atoms with E-state index in [9.17, 15) is 14.4 Å². The van der Waals surface area contributed by atoms with Crippen molar-refractivity contribution in [3.63, 3.8) is 0 Å². The summed E-state index contributed by atoms with van der Waals surface area (Å²) in [6, 6.07) is 10.9. The number of nitrogens with zero attached hydrogens (tertiary/aromatic N) is 1. The zero-order valence-corrected chi connectivity index (χ0v) is 20.3. The topological polar surface area (TPSA) is 98.7 Å². The van der Waals surface area contributed by atoms with Crippen LogP contribution >= 0.6 is 11.3 Å². The number of para-hydroxylation sites is 1. The lowest BCUT2D eigenvalue weighted by atomic mass is 10.1. The van der Waals surface area contributed by atoms with Gasteiger partial charge in [0, 0.05) is 43.0 Å². The predicted molar refractivity (Wildman–Crippen MR) is 132 cm³/mol. The van der Waals surface area contributed by atoms with Crippen molar-refractivity contribution >= 4 is 23.2 Å². The Morgan fingerprint density at radius 1 is 1.06 bits per heavy atom. The Labute approximate surface area is 202 Å². The third kappa shape index (κ3) is 6.12. The molecule has 34 heavy (non-hydrogen) atoms. The summed E-state index contributed by atoms with van der Waals surface area (Å²) in [6.45, 7) is 2.88. The number of ether oxygens (including phenoxy) is 2. The van der Waals surface area contributed by atoms with Crippen LogP contribution in [0.25, 0.3) is 0 Å². The van der Waals surface area contributed by atoms with E-state index in [-0.39, 0.29) is 23.7 Å². The van der Waals surface area contributed by atoms with Gasteiger partial charge in [-0.3, -0.25) is 14.4 Å². The smallest absolute Gasteiger partial charge is 0.257 e. The summed E-state index contributed by atoms with van der Waals surface area (Å²) in [7, 11) is 3.11. The average Bonchev–Trinajstić information content (AvgIpc) is 3.40. The molecule has 0 aliphatic heterocycles. The fourth-order valence-corrected chi connectivity index (χ4v) is 4.36. The van der Waals surface area contributed by atoms with Gasteiger partial charge in [-0.05, 0) is 23.9 Å². The van der Waals surface area contributed by atoms with Crippen molar-refractivity contribution in [2.24, 2.45) is 0 Å². The Balaban J connectivity index is 1.87. The number of rotatable bonds is 11. The first kappa shape index (κ1) is 25.2. The predicted octanol–water partition coefficient (Wildman–Crippen LogP) is 3.38. The Morgan fingerprint density at radius 3 is 2.44 bits per heavy atom. The molecule has 2 heterocycles. The van der Waals surface area contributed by atoms with E-state index < -0.39 is 17.2 Å². The van der Waals surface area contributed by atoms with Gasteiger partial charge in [0.05, 0.1) is 19.8 Å². The maximum atomic E-state index is 13.2. The van der Waals surface area contributed by atoms with Crippen molar-refractivity contribution in [3.8, 4) is 5.75 Å². The second-order valence-electron chi connectivity index (χ2n) is 7.59. The molecule has 2 N–H and O–H groups in total. The largest absolute Gasteiger partial charge is 0.496 e. The van der Waals surface area contributed by atoms with E-state index in [0.717, 1.165) is 10.4 Å². The molecule has 1 atom stereocenters. The van der Waals surface area contributed by atoms with Crippen LogP contribution in [0.3, 0.4) is 0 Å². The quantitative estimate of drug-likeness (QED) is 0.436. The third-order valence-electron chi connectivity index (χ3n) is 5.35. The zero-order valence-electron chi connectivity index (χ0n) is 19.5. The molecule has 3 aromatic rings. The van der Waals surface area contributed by atoms with Gasteiger partial charge in [0.1, 0.15) is 16.9 Å². The molecule has 0 bridgehead atoms. The molecular weight excluding hydrogens is 454 g/mol. The molecule has 0 saturated heterocycles. The lowest BCUT2D eigenvalue weighted by Crippen LogP contribution is -2.36. The highest BCUT2D eigenvalue weighted by Crippen LogP contribution is 2.22. The average molecular weight is 484 g/mol. The molecule has 0 spiro atoms. The fraction of sp³-hybridized carbons (Fsp3) is 0.320. The first-order chi connectivity index (χ1) is 16.5. The molecule has 0 aliphatic rings. The summed E-state index contributed by atoms with van der Waals surface area (Å²) in [5.41, 5.74) is -0.0442. The van der Waals surface area contributed by atoms with Crippen LogP contribution in [-0.4, -0.2) is 37.2 Å². The van der Waals surface area contributed by atoms with Crippen molar-refractivity contribution < 1.29 is 19.1 Å². The van der Waals surface area contributed by atoms with Gasteiger partial charge in [0.25, 0.3) is 11.8 Å². The fourth-order valence-electron chi connectivity index (χ4n) is 3.50. The Morgan fingerprint density at radius 2 is 1.79 bits per heavy atom. The van der Waals surface area contributed by atoms with Gasteiger partial charge < -0.3 is 24.7 Å². The van der Waals surface area contributed by atoms with E-state index in [1.165, 1.54) is 23.7 Å². The van der Waals surface area contributed by atoms with Crippen molar-refractivity contribution in [3.05, 3.63) is 86.0 Å². The van der Waals surface area contributed by atoms with Gasteiger partial charge in [-0.1, -0.05) is 31.2 Å². The van der Waals surface area contributed by atoms with Crippen molar-refractivity contribution in [1.82, 2.24) is 15.2 Å². The number of carbonyl (C=O) groups excluding carboxylic acids is 2. The van der Waals surface area contributed by atoms with E-state index in [0.29, 0.717) is 25.3 Å². The molecule has 0 radical (unpaired) electrons. The number of pyridine rings is 1. The SMILES string of the molecule is CC[C@@H](NC(=O)c1cn(CCOC)cc(C(=O)NCc2ccccc2OC)c1=O)c1cccs1. The Bertz CT molecular complexity index is 1170. The maximum Gasteiger partial charge on any atom is 0.257 e. The highest BCUT2D eigenvalue weighted by molar-refractivity contribution is 7.10. The number of hydrogen-bond donors (Lipinski definition) is 2. The van der Waals surface area contributed by atoms with Gasteiger partial charge in [-0.15, -0.1) is 11.3 Å². The molecule has 1 aromatic carbocycles. The van der Waals surface area contributed by atoms with Gasteiger partial charge >= 0.3 is 0 Å². The third-order valence-corrected chi connectivity index (χ3v) is 6.34. The minimum atomic E-state index is -0.621. The summed E-state index contributed by atoms with van der Waals surface area (Å²) in [4.78, 5) is 40.3. The van der Waals surface area contributed by atoms with Crippen molar-refractivity contribution in [1.29, 1.82) is 0 Å². The highest BCUT2D eigenvalue weighted by Gasteiger charge is 2.22. The van der Waals surface area contributed by atoms with Crippen LogP contribution in [0.2, 0.25) is 0 Å². The molecule has 2 aromatic heterocycles. The number of methoxy groups -OCH3 is 2. The number of carbonyl (C=O) groups is 2. The van der Waals surface area contributed by atoms with Gasteiger partial charge in [-0.2, -0.15) is 0 Å². The molecule has 8 nitrogen and oxygen atoms in total. The Hall–Kier alpha value is -3.43. The maximum absolute atomic E-state index is 13.2. The number of thiophene rings is 1. The van der Waals surface area contributed by atoms with Crippen molar-refractivity contribution in [2.45, 2.75) is 32.5 Å². The van der Waals surface area contributed by atoms with Crippen LogP contribution < -0.4 is 20.8 Å². The molecular formula is C25H29N3O5S. The summed E-state index contributed by atoms with van der Waals surface area (Å²) in [5, 5.41) is 7.63. The van der Waals surface area contributed by atoms with E-state index >= 15 is 0 Å². The van der Waals surface area contributed by atoms with E-state index in [4.69, 9.17) is 9.47 Å². The molecule has 3 rings (SSSR count).